The monoisotopic (exact) mass is 199 g/mol. The van der Waals surface area contributed by atoms with Gasteiger partial charge in [-0.05, 0) is 6.42 Å². The van der Waals surface area contributed by atoms with Crippen LogP contribution in [0.4, 0.5) is 0 Å². The van der Waals surface area contributed by atoms with Crippen LogP contribution in [-0.2, 0) is 0 Å². The summed E-state index contributed by atoms with van der Waals surface area (Å²) in [6.45, 7) is 5.35. The van der Waals surface area contributed by atoms with Crippen LogP contribution in [0.1, 0.15) is 20.3 Å². The molecule has 0 unspecified atom stereocenters. The summed E-state index contributed by atoms with van der Waals surface area (Å²) in [7, 11) is 2.00. The van der Waals surface area contributed by atoms with Crippen LogP contribution in [0.2, 0.25) is 0 Å². The molecule has 0 radical (unpaired) electrons. The van der Waals surface area contributed by atoms with Crippen LogP contribution >= 0.6 is 11.9 Å². The molecule has 1 heterocycles. The molecule has 1 aliphatic heterocycles. The number of hydrogen-bond donors (Lipinski definition) is 1. The van der Waals surface area contributed by atoms with E-state index >= 15 is 0 Å². The van der Waals surface area contributed by atoms with Crippen molar-refractivity contribution in [3.63, 3.8) is 0 Å². The zero-order valence-corrected chi connectivity index (χ0v) is 9.27. The van der Waals surface area contributed by atoms with Crippen molar-refractivity contribution in [1.82, 2.24) is 10.2 Å². The quantitative estimate of drug-likeness (QED) is 0.700. The van der Waals surface area contributed by atoms with Crippen molar-refractivity contribution in [2.75, 3.05) is 13.6 Å². The van der Waals surface area contributed by atoms with E-state index in [1.165, 1.54) is 4.91 Å². The van der Waals surface area contributed by atoms with Crippen LogP contribution < -0.4 is 5.32 Å². The highest BCUT2D eigenvalue weighted by atomic mass is 32.2. The second kappa shape index (κ2) is 5.29. The van der Waals surface area contributed by atoms with E-state index in [1.807, 2.05) is 18.3 Å². The van der Waals surface area contributed by atoms with Gasteiger partial charge in [0, 0.05) is 42.7 Å². The fraction of sp³-hybridized carbons (Fsp3) is 0.667. The molecule has 0 aliphatic carbocycles. The van der Waals surface area contributed by atoms with E-state index in [0.717, 1.165) is 13.0 Å². The second-order valence-electron chi connectivity index (χ2n) is 3.43. The Morgan fingerprint density at radius 2 is 2.38 bits per heavy atom. The first kappa shape index (κ1) is 10.6. The minimum atomic E-state index is 0.565. The third kappa shape index (κ3) is 4.33. The molecule has 4 heteroatoms. The predicted octanol–water partition coefficient (Wildman–Crippen LogP) is 1.84. The maximum Gasteiger partial charge on any atom is 0.103 e. The zero-order chi connectivity index (χ0) is 9.68. The van der Waals surface area contributed by atoms with E-state index in [1.54, 1.807) is 11.9 Å². The minimum absolute atomic E-state index is 0.565. The Hall–Kier alpha value is -0.480. The number of hydrogen-bond acceptors (Lipinski definition) is 4. The third-order valence-electron chi connectivity index (χ3n) is 1.67. The number of rotatable bonds is 4. The SMILES string of the molecule is CC(C)NCCC1=CN(C)C=NS1. The first-order valence-corrected chi connectivity index (χ1v) is 5.32. The Morgan fingerprint density at radius 1 is 1.62 bits per heavy atom. The standard InChI is InChI=1S/C9H17N3S/c1-8(2)10-5-4-9-6-12(3)7-11-13-9/h6-8,10H,4-5H2,1-3H3. The van der Waals surface area contributed by atoms with Gasteiger partial charge in [0.15, 0.2) is 0 Å². The van der Waals surface area contributed by atoms with Crippen LogP contribution in [0.5, 0.6) is 0 Å². The average Bonchev–Trinajstić information content (AvgIpc) is 2.03. The number of nitrogens with zero attached hydrogens (tertiary/aromatic N) is 2. The Labute approximate surface area is 84.4 Å². The molecule has 1 N–H and O–H groups in total. The van der Waals surface area contributed by atoms with Gasteiger partial charge in [-0.1, -0.05) is 13.8 Å². The highest BCUT2D eigenvalue weighted by Gasteiger charge is 2.03. The molecule has 74 valence electrons. The lowest BCUT2D eigenvalue weighted by atomic mass is 10.3. The lowest BCUT2D eigenvalue weighted by Gasteiger charge is -2.15. The highest BCUT2D eigenvalue weighted by molar-refractivity contribution is 8.02. The first-order chi connectivity index (χ1) is 6.18. The average molecular weight is 199 g/mol. The van der Waals surface area contributed by atoms with Crippen LogP contribution in [-0.4, -0.2) is 30.9 Å². The summed E-state index contributed by atoms with van der Waals surface area (Å²) >= 11 is 1.57. The maximum absolute atomic E-state index is 4.16. The molecular weight excluding hydrogens is 182 g/mol. The van der Waals surface area contributed by atoms with Crippen molar-refractivity contribution in [2.24, 2.45) is 4.40 Å². The van der Waals surface area contributed by atoms with E-state index in [0.29, 0.717) is 6.04 Å². The maximum atomic E-state index is 4.16. The summed E-state index contributed by atoms with van der Waals surface area (Å²) in [5, 5.41) is 3.38. The van der Waals surface area contributed by atoms with Gasteiger partial charge in [-0.25, -0.2) is 4.40 Å². The highest BCUT2D eigenvalue weighted by Crippen LogP contribution is 2.22. The van der Waals surface area contributed by atoms with Crippen molar-refractivity contribution < 1.29 is 0 Å². The topological polar surface area (TPSA) is 27.6 Å². The van der Waals surface area contributed by atoms with E-state index in [9.17, 15) is 0 Å². The van der Waals surface area contributed by atoms with Crippen molar-refractivity contribution in [2.45, 2.75) is 26.3 Å². The Morgan fingerprint density at radius 3 is 3.00 bits per heavy atom. The minimum Gasteiger partial charge on any atom is -0.341 e. The fourth-order valence-electron chi connectivity index (χ4n) is 1.04. The largest absolute Gasteiger partial charge is 0.341 e. The Kier molecular flexibility index (Phi) is 4.32. The molecule has 0 atom stereocenters. The van der Waals surface area contributed by atoms with E-state index in [4.69, 9.17) is 0 Å². The lowest BCUT2D eigenvalue weighted by Crippen LogP contribution is -2.24. The van der Waals surface area contributed by atoms with Crippen molar-refractivity contribution >= 4 is 18.3 Å². The molecule has 1 rings (SSSR count). The van der Waals surface area contributed by atoms with Gasteiger partial charge in [-0.2, -0.15) is 0 Å². The van der Waals surface area contributed by atoms with Gasteiger partial charge in [0.05, 0.1) is 0 Å². The van der Waals surface area contributed by atoms with Gasteiger partial charge in [0.25, 0.3) is 0 Å². The Bertz CT molecular complexity index is 211. The van der Waals surface area contributed by atoms with Crippen LogP contribution in [0.25, 0.3) is 0 Å². The molecule has 0 spiro atoms. The molecule has 0 aromatic carbocycles. The molecule has 13 heavy (non-hydrogen) atoms. The van der Waals surface area contributed by atoms with Crippen LogP contribution in [0, 0.1) is 0 Å². The molecule has 0 bridgehead atoms. The van der Waals surface area contributed by atoms with Gasteiger partial charge < -0.3 is 10.2 Å². The van der Waals surface area contributed by atoms with Crippen molar-refractivity contribution in [3.8, 4) is 0 Å². The van der Waals surface area contributed by atoms with Gasteiger partial charge in [0.2, 0.25) is 0 Å². The molecule has 0 amide bonds. The first-order valence-electron chi connectivity index (χ1n) is 4.55. The zero-order valence-electron chi connectivity index (χ0n) is 8.45. The predicted molar refractivity (Wildman–Crippen MR) is 59.7 cm³/mol. The smallest absolute Gasteiger partial charge is 0.103 e. The summed E-state index contributed by atoms with van der Waals surface area (Å²) in [5.74, 6) is 0. The van der Waals surface area contributed by atoms with Crippen LogP contribution in [0.15, 0.2) is 15.5 Å². The number of nitrogens with one attached hydrogen (secondary N) is 1. The summed E-state index contributed by atoms with van der Waals surface area (Å²) in [6, 6.07) is 0.565. The molecule has 0 aromatic rings. The molecule has 3 nitrogen and oxygen atoms in total. The van der Waals surface area contributed by atoms with Gasteiger partial charge >= 0.3 is 0 Å². The van der Waals surface area contributed by atoms with E-state index in [-0.39, 0.29) is 0 Å². The summed E-state index contributed by atoms with van der Waals surface area (Å²) in [6.07, 6.45) is 5.01. The summed E-state index contributed by atoms with van der Waals surface area (Å²) in [4.78, 5) is 3.31. The van der Waals surface area contributed by atoms with Crippen molar-refractivity contribution in [1.29, 1.82) is 0 Å². The van der Waals surface area contributed by atoms with Crippen LogP contribution in [0.3, 0.4) is 0 Å². The molecule has 0 saturated heterocycles. The Balaban J connectivity index is 2.22. The van der Waals surface area contributed by atoms with E-state index in [2.05, 4.69) is 29.8 Å². The van der Waals surface area contributed by atoms with Gasteiger partial charge in [0.1, 0.15) is 6.34 Å². The summed E-state index contributed by atoms with van der Waals surface area (Å²) in [5.41, 5.74) is 0. The molecular formula is C9H17N3S. The van der Waals surface area contributed by atoms with E-state index < -0.39 is 0 Å². The van der Waals surface area contributed by atoms with Gasteiger partial charge in [-0.15, -0.1) is 0 Å². The summed E-state index contributed by atoms with van der Waals surface area (Å²) < 4.78 is 4.16. The molecule has 1 aliphatic rings. The van der Waals surface area contributed by atoms with Crippen molar-refractivity contribution in [3.05, 3.63) is 11.1 Å². The molecule has 0 fully saturated rings. The lowest BCUT2D eigenvalue weighted by molar-refractivity contribution is 0.590. The van der Waals surface area contributed by atoms with Gasteiger partial charge in [-0.3, -0.25) is 0 Å². The third-order valence-corrected chi connectivity index (χ3v) is 2.41. The second-order valence-corrected chi connectivity index (χ2v) is 4.35. The normalized spacial score (nSPS) is 16.6. The molecule has 0 aromatic heterocycles. The molecule has 0 saturated carbocycles. The fourth-order valence-corrected chi connectivity index (χ4v) is 1.78.